The lowest BCUT2D eigenvalue weighted by Crippen LogP contribution is -2.19. The van der Waals surface area contributed by atoms with Crippen molar-refractivity contribution in [2.75, 3.05) is 10.6 Å². The SMILES string of the molecule is Cc1cnc(NC(=O)c2ccc(C)c(C#Cc3cnc4c(NC(N)=O)cccn34)c2)s1. The summed E-state index contributed by atoms with van der Waals surface area (Å²) in [6.07, 6.45) is 5.13. The molecule has 0 aliphatic rings. The highest BCUT2D eigenvalue weighted by Crippen LogP contribution is 2.19. The molecule has 4 aromatic rings. The fraction of sp³-hybridized carbons (Fsp3) is 0.0909. The number of amides is 3. The lowest BCUT2D eigenvalue weighted by molar-refractivity contribution is 0.102. The van der Waals surface area contributed by atoms with Gasteiger partial charge in [-0.2, -0.15) is 0 Å². The molecule has 31 heavy (non-hydrogen) atoms. The number of nitrogens with zero attached hydrogens (tertiary/aromatic N) is 3. The van der Waals surface area contributed by atoms with Crippen molar-refractivity contribution in [1.82, 2.24) is 14.4 Å². The van der Waals surface area contributed by atoms with Crippen LogP contribution in [0.2, 0.25) is 0 Å². The Morgan fingerprint density at radius 3 is 2.68 bits per heavy atom. The maximum absolute atomic E-state index is 12.6. The maximum Gasteiger partial charge on any atom is 0.316 e. The second-order valence-electron chi connectivity index (χ2n) is 6.76. The van der Waals surface area contributed by atoms with Gasteiger partial charge in [0.2, 0.25) is 0 Å². The molecule has 3 aromatic heterocycles. The molecule has 4 N–H and O–H groups in total. The van der Waals surface area contributed by atoms with Crippen molar-refractivity contribution < 1.29 is 9.59 Å². The number of carbonyl (C=O) groups excluding carboxylic acids is 2. The van der Waals surface area contributed by atoms with E-state index in [1.807, 2.05) is 19.9 Å². The average molecular weight is 430 g/mol. The van der Waals surface area contributed by atoms with Gasteiger partial charge in [0.1, 0.15) is 5.69 Å². The summed E-state index contributed by atoms with van der Waals surface area (Å²) in [5.41, 5.74) is 9.04. The Bertz CT molecular complexity index is 1380. The molecule has 0 fully saturated rings. The Kier molecular flexibility index (Phi) is 5.39. The van der Waals surface area contributed by atoms with E-state index >= 15 is 0 Å². The van der Waals surface area contributed by atoms with E-state index in [4.69, 9.17) is 5.73 Å². The number of nitrogens with two attached hydrogens (primary N) is 1. The van der Waals surface area contributed by atoms with Crippen LogP contribution in [-0.2, 0) is 0 Å². The van der Waals surface area contributed by atoms with Gasteiger partial charge in [-0.15, -0.1) is 11.3 Å². The van der Waals surface area contributed by atoms with Crippen LogP contribution in [0.1, 0.15) is 32.1 Å². The van der Waals surface area contributed by atoms with Gasteiger partial charge >= 0.3 is 6.03 Å². The number of hydrogen-bond acceptors (Lipinski definition) is 5. The molecule has 0 spiro atoms. The molecule has 8 nitrogen and oxygen atoms in total. The first-order chi connectivity index (χ1) is 14.9. The monoisotopic (exact) mass is 430 g/mol. The smallest absolute Gasteiger partial charge is 0.316 e. The number of benzene rings is 1. The number of fused-ring (bicyclic) bond motifs is 1. The first kappa shape index (κ1) is 20.1. The second-order valence-corrected chi connectivity index (χ2v) is 7.99. The summed E-state index contributed by atoms with van der Waals surface area (Å²) in [4.78, 5) is 33.3. The fourth-order valence-corrected chi connectivity index (χ4v) is 3.60. The average Bonchev–Trinajstić information content (AvgIpc) is 3.33. The Morgan fingerprint density at radius 1 is 1.10 bits per heavy atom. The third kappa shape index (κ3) is 4.39. The molecule has 0 aliphatic heterocycles. The van der Waals surface area contributed by atoms with E-state index in [-0.39, 0.29) is 5.91 Å². The van der Waals surface area contributed by atoms with Crippen LogP contribution in [-0.4, -0.2) is 26.3 Å². The number of anilines is 2. The number of aromatic nitrogens is 3. The first-order valence-electron chi connectivity index (χ1n) is 9.29. The highest BCUT2D eigenvalue weighted by molar-refractivity contribution is 7.15. The van der Waals surface area contributed by atoms with E-state index in [1.54, 1.807) is 47.3 Å². The lowest BCUT2D eigenvalue weighted by Gasteiger charge is -2.05. The number of primary amides is 1. The summed E-state index contributed by atoms with van der Waals surface area (Å²) in [6, 6.07) is 8.17. The van der Waals surface area contributed by atoms with Crippen LogP contribution in [0.5, 0.6) is 0 Å². The number of aryl methyl sites for hydroxylation is 2. The highest BCUT2D eigenvalue weighted by atomic mass is 32.1. The summed E-state index contributed by atoms with van der Waals surface area (Å²) >= 11 is 1.42. The third-order valence-electron chi connectivity index (χ3n) is 4.46. The molecule has 0 saturated heterocycles. The summed E-state index contributed by atoms with van der Waals surface area (Å²) < 4.78 is 1.76. The van der Waals surface area contributed by atoms with Crippen LogP contribution in [0.25, 0.3) is 5.65 Å². The standard InChI is InChI=1S/C22H18N6O2S/c1-13-5-6-16(20(29)27-22-25-11-14(2)31-22)10-15(13)7-8-17-12-24-19-18(26-21(23)30)4-3-9-28(17)19/h3-6,9-12H,1-2H3,(H3,23,26,30)(H,25,27,29). The number of carbonyl (C=O) groups is 2. The Labute approximate surface area is 182 Å². The van der Waals surface area contributed by atoms with E-state index in [9.17, 15) is 9.59 Å². The molecule has 4 rings (SSSR count). The zero-order valence-electron chi connectivity index (χ0n) is 16.8. The molecule has 1 aromatic carbocycles. The quantitative estimate of drug-likeness (QED) is 0.431. The molecular weight excluding hydrogens is 412 g/mol. The Balaban J connectivity index is 1.63. The molecule has 0 aliphatic carbocycles. The summed E-state index contributed by atoms with van der Waals surface area (Å²) in [7, 11) is 0. The van der Waals surface area contributed by atoms with E-state index in [2.05, 4.69) is 32.4 Å². The molecule has 154 valence electrons. The fourth-order valence-electron chi connectivity index (χ4n) is 2.94. The van der Waals surface area contributed by atoms with Gasteiger partial charge in [0.15, 0.2) is 10.8 Å². The van der Waals surface area contributed by atoms with E-state index in [0.717, 1.165) is 16.0 Å². The number of pyridine rings is 1. The van der Waals surface area contributed by atoms with Crippen LogP contribution in [0.3, 0.4) is 0 Å². The van der Waals surface area contributed by atoms with Crippen LogP contribution in [0.15, 0.2) is 48.9 Å². The van der Waals surface area contributed by atoms with Gasteiger partial charge in [0, 0.05) is 28.4 Å². The molecule has 9 heteroatoms. The molecule has 0 radical (unpaired) electrons. The number of urea groups is 1. The van der Waals surface area contributed by atoms with Crippen LogP contribution >= 0.6 is 11.3 Å². The topological polar surface area (TPSA) is 114 Å². The van der Waals surface area contributed by atoms with Gasteiger partial charge < -0.3 is 11.1 Å². The van der Waals surface area contributed by atoms with Crippen LogP contribution in [0, 0.1) is 25.7 Å². The minimum Gasteiger partial charge on any atom is -0.351 e. The highest BCUT2D eigenvalue weighted by Gasteiger charge is 2.10. The normalized spacial score (nSPS) is 10.4. The van der Waals surface area contributed by atoms with Gasteiger partial charge in [0.05, 0.1) is 11.9 Å². The van der Waals surface area contributed by atoms with Crippen molar-refractivity contribution in [3.8, 4) is 11.8 Å². The summed E-state index contributed by atoms with van der Waals surface area (Å²) in [6.45, 7) is 3.86. The van der Waals surface area contributed by atoms with E-state index < -0.39 is 6.03 Å². The first-order valence-corrected chi connectivity index (χ1v) is 10.1. The minimum atomic E-state index is -0.664. The number of hydrogen-bond donors (Lipinski definition) is 3. The number of rotatable bonds is 3. The maximum atomic E-state index is 12.6. The van der Waals surface area contributed by atoms with Gasteiger partial charge in [-0.3, -0.25) is 14.5 Å². The lowest BCUT2D eigenvalue weighted by atomic mass is 10.0. The van der Waals surface area contributed by atoms with Gasteiger partial charge in [-0.1, -0.05) is 12.0 Å². The molecule has 0 saturated carbocycles. The van der Waals surface area contributed by atoms with Crippen molar-refractivity contribution in [1.29, 1.82) is 0 Å². The van der Waals surface area contributed by atoms with Crippen molar-refractivity contribution in [3.63, 3.8) is 0 Å². The zero-order valence-corrected chi connectivity index (χ0v) is 17.6. The number of nitrogens with one attached hydrogen (secondary N) is 2. The Morgan fingerprint density at radius 2 is 1.94 bits per heavy atom. The van der Waals surface area contributed by atoms with Crippen LogP contribution in [0.4, 0.5) is 15.6 Å². The predicted octanol–water partition coefficient (Wildman–Crippen LogP) is 3.55. The van der Waals surface area contributed by atoms with Crippen molar-refractivity contribution in [2.24, 2.45) is 5.73 Å². The molecule has 3 heterocycles. The largest absolute Gasteiger partial charge is 0.351 e. The summed E-state index contributed by atoms with van der Waals surface area (Å²) in [5.74, 6) is 5.96. The molecule has 0 atom stereocenters. The molecule has 0 bridgehead atoms. The van der Waals surface area contributed by atoms with Crippen molar-refractivity contribution in [2.45, 2.75) is 13.8 Å². The zero-order chi connectivity index (χ0) is 22.0. The van der Waals surface area contributed by atoms with Crippen molar-refractivity contribution >= 4 is 39.7 Å². The third-order valence-corrected chi connectivity index (χ3v) is 5.29. The Hall–Kier alpha value is -4.16. The van der Waals surface area contributed by atoms with Crippen molar-refractivity contribution in [3.05, 3.63) is 76.2 Å². The predicted molar refractivity (Wildman–Crippen MR) is 120 cm³/mol. The van der Waals surface area contributed by atoms with Crippen LogP contribution < -0.4 is 16.4 Å². The molecule has 0 unspecified atom stereocenters. The number of imidazole rings is 1. The van der Waals surface area contributed by atoms with Gasteiger partial charge in [-0.25, -0.2) is 14.8 Å². The molecule has 3 amide bonds. The molecular formula is C22H18N6O2S. The number of thiazole rings is 1. The van der Waals surface area contributed by atoms with Gasteiger partial charge in [0.25, 0.3) is 5.91 Å². The second kappa shape index (κ2) is 8.30. The summed E-state index contributed by atoms with van der Waals surface area (Å²) in [5, 5.41) is 5.90. The van der Waals surface area contributed by atoms with Gasteiger partial charge in [-0.05, 0) is 49.6 Å². The minimum absolute atomic E-state index is 0.241. The van der Waals surface area contributed by atoms with E-state index in [0.29, 0.717) is 27.7 Å². The van der Waals surface area contributed by atoms with E-state index in [1.165, 1.54) is 11.3 Å².